The van der Waals surface area contributed by atoms with Crippen LogP contribution in [0, 0.1) is 0 Å². The van der Waals surface area contributed by atoms with E-state index in [1.54, 1.807) is 37.3 Å². The monoisotopic (exact) mass is 433 g/mol. The van der Waals surface area contributed by atoms with E-state index < -0.39 is 5.97 Å². The number of carbonyl (C=O) groups is 2. The van der Waals surface area contributed by atoms with Crippen LogP contribution in [0.3, 0.4) is 0 Å². The second-order valence-corrected chi connectivity index (χ2v) is 7.24. The van der Waals surface area contributed by atoms with Gasteiger partial charge < -0.3 is 24.5 Å². The molecule has 6 nitrogen and oxygen atoms in total. The van der Waals surface area contributed by atoms with E-state index in [-0.39, 0.29) is 18.0 Å². The molecule has 0 unspecified atom stereocenters. The number of hydrogen-bond donors (Lipinski definition) is 1. The van der Waals surface area contributed by atoms with Crippen molar-refractivity contribution in [2.75, 3.05) is 13.2 Å². The van der Waals surface area contributed by atoms with Gasteiger partial charge in [0, 0.05) is 30.8 Å². The number of ether oxygens (including phenoxy) is 2. The number of aromatic hydroxyl groups is 1. The van der Waals surface area contributed by atoms with Gasteiger partial charge in [-0.15, -0.1) is 0 Å². The summed E-state index contributed by atoms with van der Waals surface area (Å²) in [6.07, 6.45) is 2.11. The molecule has 0 atom stereocenters. The molecule has 0 spiro atoms. The number of aliphatic carboxylic acids is 1. The Labute approximate surface area is 181 Å². The van der Waals surface area contributed by atoms with Crippen molar-refractivity contribution in [2.45, 2.75) is 46.0 Å². The van der Waals surface area contributed by atoms with E-state index in [4.69, 9.17) is 21.1 Å². The number of ketones is 1. The summed E-state index contributed by atoms with van der Waals surface area (Å²) in [6, 6.07) is 8.12. The summed E-state index contributed by atoms with van der Waals surface area (Å²) in [7, 11) is 0. The van der Waals surface area contributed by atoms with Crippen molar-refractivity contribution in [3.63, 3.8) is 0 Å². The summed E-state index contributed by atoms with van der Waals surface area (Å²) in [4.78, 5) is 22.6. The van der Waals surface area contributed by atoms with Gasteiger partial charge in [0.1, 0.15) is 17.2 Å². The standard InChI is InChI=1S/C23H27ClO6/c1-3-6-17-20(10-8-16(23(17)28)19(25)4-2)29-11-5-12-30-21-9-7-15(13-18(21)24)14-22(26)27/h7-10,13,28H,3-6,11-12,14H2,1-2H3,(H,26,27)/p-1. The summed E-state index contributed by atoms with van der Waals surface area (Å²) in [5, 5.41) is 21.5. The summed E-state index contributed by atoms with van der Waals surface area (Å²) >= 11 is 6.12. The predicted octanol–water partition coefficient (Wildman–Crippen LogP) is 3.73. The number of carboxylic acid groups (broad SMARTS) is 1. The first kappa shape index (κ1) is 23.5. The van der Waals surface area contributed by atoms with Crippen molar-refractivity contribution >= 4 is 23.4 Å². The molecule has 2 rings (SSSR count). The quantitative estimate of drug-likeness (QED) is 0.404. The first-order valence-corrected chi connectivity index (χ1v) is 10.4. The van der Waals surface area contributed by atoms with Gasteiger partial charge in [0.2, 0.25) is 0 Å². The second-order valence-electron chi connectivity index (χ2n) is 6.83. The van der Waals surface area contributed by atoms with Crippen LogP contribution in [0.2, 0.25) is 5.02 Å². The highest BCUT2D eigenvalue weighted by atomic mass is 35.5. The number of benzene rings is 2. The van der Waals surface area contributed by atoms with E-state index in [0.29, 0.717) is 65.7 Å². The summed E-state index contributed by atoms with van der Waals surface area (Å²) in [5.74, 6) is -0.247. The van der Waals surface area contributed by atoms with E-state index in [1.165, 1.54) is 0 Å². The van der Waals surface area contributed by atoms with Gasteiger partial charge in [-0.25, -0.2) is 0 Å². The van der Waals surface area contributed by atoms with Crippen LogP contribution in [0.5, 0.6) is 17.2 Å². The van der Waals surface area contributed by atoms with Crippen LogP contribution in [0.15, 0.2) is 30.3 Å². The molecule has 162 valence electrons. The highest BCUT2D eigenvalue weighted by Gasteiger charge is 2.17. The lowest BCUT2D eigenvalue weighted by atomic mass is 10.00. The molecule has 7 heteroatoms. The van der Waals surface area contributed by atoms with Crippen LogP contribution in [0.25, 0.3) is 0 Å². The Bertz CT molecular complexity index is 894. The third kappa shape index (κ3) is 6.39. The first-order chi connectivity index (χ1) is 14.4. The maximum absolute atomic E-state index is 12.0. The van der Waals surface area contributed by atoms with Crippen LogP contribution in [-0.4, -0.2) is 30.1 Å². The van der Waals surface area contributed by atoms with Crippen molar-refractivity contribution in [2.24, 2.45) is 0 Å². The first-order valence-electron chi connectivity index (χ1n) is 9.99. The molecule has 0 aliphatic carbocycles. The highest BCUT2D eigenvalue weighted by Crippen LogP contribution is 2.33. The van der Waals surface area contributed by atoms with Gasteiger partial charge in [-0.05, 0) is 36.2 Å². The number of rotatable bonds is 12. The number of halogens is 1. The SMILES string of the molecule is CCCc1c(OCCCOc2ccc(CC(=O)[O-])cc2Cl)ccc(C(=O)CC)c1O. The average Bonchev–Trinajstić information content (AvgIpc) is 2.70. The van der Waals surface area contributed by atoms with E-state index >= 15 is 0 Å². The van der Waals surface area contributed by atoms with Crippen molar-refractivity contribution in [1.82, 2.24) is 0 Å². The number of carbonyl (C=O) groups excluding carboxylic acids is 2. The molecule has 1 N–H and O–H groups in total. The van der Waals surface area contributed by atoms with E-state index in [0.717, 1.165) is 6.42 Å². The number of hydrogen-bond acceptors (Lipinski definition) is 6. The fraction of sp³-hybridized carbons (Fsp3) is 0.391. The molecule has 0 bridgehead atoms. The van der Waals surface area contributed by atoms with Gasteiger partial charge in [-0.1, -0.05) is 37.9 Å². The zero-order valence-electron chi connectivity index (χ0n) is 17.2. The van der Waals surface area contributed by atoms with Crippen LogP contribution in [0.4, 0.5) is 0 Å². The van der Waals surface area contributed by atoms with Gasteiger partial charge in [0.25, 0.3) is 0 Å². The number of carboxylic acids is 1. The molecule has 0 amide bonds. The molecule has 0 saturated carbocycles. The van der Waals surface area contributed by atoms with Crippen molar-refractivity contribution < 1.29 is 29.3 Å². The lowest BCUT2D eigenvalue weighted by Gasteiger charge is -2.15. The summed E-state index contributed by atoms with van der Waals surface area (Å²) in [5.41, 5.74) is 1.52. The highest BCUT2D eigenvalue weighted by molar-refractivity contribution is 6.32. The fourth-order valence-corrected chi connectivity index (χ4v) is 3.28. The Hall–Kier alpha value is -2.73. The zero-order valence-corrected chi connectivity index (χ0v) is 18.0. The van der Waals surface area contributed by atoms with Crippen LogP contribution >= 0.6 is 11.6 Å². The Morgan fingerprint density at radius 1 is 1.07 bits per heavy atom. The van der Waals surface area contributed by atoms with E-state index in [2.05, 4.69) is 0 Å². The minimum atomic E-state index is -1.17. The Balaban J connectivity index is 1.92. The smallest absolute Gasteiger partial charge is 0.166 e. The van der Waals surface area contributed by atoms with Crippen LogP contribution in [0.1, 0.15) is 54.6 Å². The van der Waals surface area contributed by atoms with E-state index in [1.807, 2.05) is 6.92 Å². The number of phenols is 1. The molecule has 0 aliphatic rings. The minimum absolute atomic E-state index is 0.000817. The summed E-state index contributed by atoms with van der Waals surface area (Å²) in [6.45, 7) is 4.46. The van der Waals surface area contributed by atoms with E-state index in [9.17, 15) is 19.8 Å². The zero-order chi connectivity index (χ0) is 22.1. The molecule has 30 heavy (non-hydrogen) atoms. The molecule has 0 fully saturated rings. The van der Waals surface area contributed by atoms with Crippen molar-refractivity contribution in [3.8, 4) is 17.2 Å². The van der Waals surface area contributed by atoms with Gasteiger partial charge >= 0.3 is 0 Å². The second kappa shape index (κ2) is 11.5. The molecule has 0 heterocycles. The Morgan fingerprint density at radius 3 is 2.33 bits per heavy atom. The average molecular weight is 434 g/mol. The molecule has 0 radical (unpaired) electrons. The maximum atomic E-state index is 12.0. The Morgan fingerprint density at radius 2 is 1.73 bits per heavy atom. The molecule has 2 aromatic rings. The molecular formula is C23H26ClO6-. The third-order valence-corrected chi connectivity index (χ3v) is 4.81. The minimum Gasteiger partial charge on any atom is -0.550 e. The number of phenolic OH excluding ortho intramolecular Hbond substituents is 1. The molecule has 0 saturated heterocycles. The topological polar surface area (TPSA) is 95.9 Å². The molecular weight excluding hydrogens is 408 g/mol. The predicted molar refractivity (Wildman–Crippen MR) is 112 cm³/mol. The van der Waals surface area contributed by atoms with Gasteiger partial charge in [-0.2, -0.15) is 0 Å². The van der Waals surface area contributed by atoms with Gasteiger partial charge in [-0.3, -0.25) is 4.79 Å². The number of Topliss-reactive ketones (excluding diaryl/α,β-unsaturated/α-hetero) is 1. The van der Waals surface area contributed by atoms with Crippen LogP contribution in [-0.2, 0) is 17.6 Å². The molecule has 0 aliphatic heterocycles. The normalized spacial score (nSPS) is 10.6. The third-order valence-electron chi connectivity index (χ3n) is 4.51. The van der Waals surface area contributed by atoms with Gasteiger partial charge in [0.15, 0.2) is 5.78 Å². The fourth-order valence-electron chi connectivity index (χ4n) is 3.02. The largest absolute Gasteiger partial charge is 0.550 e. The lowest BCUT2D eigenvalue weighted by Crippen LogP contribution is -2.24. The van der Waals surface area contributed by atoms with Gasteiger partial charge in [0.05, 0.1) is 23.8 Å². The van der Waals surface area contributed by atoms with Crippen molar-refractivity contribution in [1.29, 1.82) is 0 Å². The molecule has 2 aromatic carbocycles. The maximum Gasteiger partial charge on any atom is 0.166 e. The molecule has 0 aromatic heterocycles. The van der Waals surface area contributed by atoms with Crippen molar-refractivity contribution in [3.05, 3.63) is 52.0 Å². The van der Waals surface area contributed by atoms with Crippen LogP contribution < -0.4 is 14.6 Å². The lowest BCUT2D eigenvalue weighted by molar-refractivity contribution is -0.304. The summed E-state index contributed by atoms with van der Waals surface area (Å²) < 4.78 is 11.4. The Kier molecular flexibility index (Phi) is 8.99.